The van der Waals surface area contributed by atoms with Gasteiger partial charge in [0.2, 0.25) is 5.91 Å². The molecule has 0 unspecified atom stereocenters. The van der Waals surface area contributed by atoms with Gasteiger partial charge in [0.25, 0.3) is 5.91 Å². The van der Waals surface area contributed by atoms with Gasteiger partial charge in [-0.3, -0.25) is 14.5 Å². The lowest BCUT2D eigenvalue weighted by Gasteiger charge is -2.26. The number of piperidine rings is 1. The second-order valence-electron chi connectivity index (χ2n) is 6.78. The fourth-order valence-corrected chi connectivity index (χ4v) is 3.26. The number of nitrogens with zero attached hydrogens (tertiary/aromatic N) is 1. The largest absolute Gasteiger partial charge is 0.379 e. The summed E-state index contributed by atoms with van der Waals surface area (Å²) in [5.41, 5.74) is 1.31. The summed E-state index contributed by atoms with van der Waals surface area (Å²) >= 11 is 0. The predicted octanol–water partition coefficient (Wildman–Crippen LogP) is 0.829. The summed E-state index contributed by atoms with van der Waals surface area (Å²) in [7, 11) is 0. The number of hydrogen-bond acceptors (Lipinski definition) is 5. The lowest BCUT2D eigenvalue weighted by Crippen LogP contribution is -2.43. The number of carbonyl (C=O) groups excluding carboxylic acids is 2. The topological polar surface area (TPSA) is 82.7 Å². The van der Waals surface area contributed by atoms with Gasteiger partial charge in [-0.05, 0) is 43.7 Å². The zero-order chi connectivity index (χ0) is 18.2. The molecule has 0 aliphatic carbocycles. The maximum Gasteiger partial charge on any atom is 0.251 e. The number of rotatable bonds is 6. The molecule has 142 valence electrons. The molecule has 2 aliphatic heterocycles. The van der Waals surface area contributed by atoms with Crippen LogP contribution in [0.25, 0.3) is 0 Å². The van der Waals surface area contributed by atoms with Crippen molar-refractivity contribution >= 4 is 17.5 Å². The summed E-state index contributed by atoms with van der Waals surface area (Å²) in [6.45, 7) is 5.69. The molecule has 0 saturated carbocycles. The molecule has 0 spiro atoms. The lowest BCUT2D eigenvalue weighted by atomic mass is 10.0. The van der Waals surface area contributed by atoms with E-state index in [4.69, 9.17) is 4.74 Å². The Morgan fingerprint density at radius 2 is 1.92 bits per heavy atom. The van der Waals surface area contributed by atoms with Crippen LogP contribution in [0, 0.1) is 0 Å². The van der Waals surface area contributed by atoms with Gasteiger partial charge < -0.3 is 20.7 Å². The third-order valence-corrected chi connectivity index (χ3v) is 4.86. The van der Waals surface area contributed by atoms with Crippen molar-refractivity contribution in [3.63, 3.8) is 0 Å². The van der Waals surface area contributed by atoms with E-state index in [0.717, 1.165) is 58.7 Å². The average molecular weight is 360 g/mol. The van der Waals surface area contributed by atoms with Crippen LogP contribution in [0.15, 0.2) is 24.3 Å². The van der Waals surface area contributed by atoms with Crippen molar-refractivity contribution < 1.29 is 14.3 Å². The van der Waals surface area contributed by atoms with E-state index >= 15 is 0 Å². The maximum atomic E-state index is 12.2. The zero-order valence-corrected chi connectivity index (χ0v) is 15.1. The van der Waals surface area contributed by atoms with Crippen molar-refractivity contribution in [2.75, 3.05) is 51.3 Å². The molecule has 3 N–H and O–H groups in total. The van der Waals surface area contributed by atoms with E-state index < -0.39 is 0 Å². The number of nitrogens with one attached hydrogen (secondary N) is 3. The molecule has 2 heterocycles. The first-order valence-corrected chi connectivity index (χ1v) is 9.45. The quantitative estimate of drug-likeness (QED) is 0.700. The van der Waals surface area contributed by atoms with Crippen LogP contribution >= 0.6 is 0 Å². The van der Waals surface area contributed by atoms with Crippen LogP contribution in [0.5, 0.6) is 0 Å². The van der Waals surface area contributed by atoms with Crippen LogP contribution in [0.4, 0.5) is 5.69 Å². The Labute approximate surface area is 154 Å². The number of benzene rings is 1. The van der Waals surface area contributed by atoms with E-state index in [1.54, 1.807) is 24.3 Å². The molecule has 2 amide bonds. The van der Waals surface area contributed by atoms with Crippen molar-refractivity contribution in [2.45, 2.75) is 25.3 Å². The van der Waals surface area contributed by atoms with Gasteiger partial charge in [0.15, 0.2) is 0 Å². The molecule has 2 saturated heterocycles. The molecule has 0 aromatic heterocycles. The summed E-state index contributed by atoms with van der Waals surface area (Å²) < 4.78 is 5.31. The molecular formula is C19H28N4O3. The van der Waals surface area contributed by atoms with Crippen molar-refractivity contribution in [3.8, 4) is 0 Å². The fraction of sp³-hybridized carbons (Fsp3) is 0.579. The fourth-order valence-electron chi connectivity index (χ4n) is 3.26. The summed E-state index contributed by atoms with van der Waals surface area (Å²) in [5.74, 6) is -0.0995. The molecule has 0 radical (unpaired) electrons. The maximum absolute atomic E-state index is 12.2. The normalized spacial score (nSPS) is 21.2. The van der Waals surface area contributed by atoms with Gasteiger partial charge >= 0.3 is 0 Å². The van der Waals surface area contributed by atoms with E-state index in [9.17, 15) is 9.59 Å². The number of amides is 2. The van der Waals surface area contributed by atoms with Crippen LogP contribution in [-0.2, 0) is 9.53 Å². The van der Waals surface area contributed by atoms with E-state index in [-0.39, 0.29) is 17.9 Å². The summed E-state index contributed by atoms with van der Waals surface area (Å²) in [4.78, 5) is 26.7. The van der Waals surface area contributed by atoms with Gasteiger partial charge in [-0.2, -0.15) is 0 Å². The number of carbonyl (C=O) groups is 2. The number of morpholine rings is 1. The van der Waals surface area contributed by atoms with Crippen LogP contribution in [-0.4, -0.2) is 68.7 Å². The van der Waals surface area contributed by atoms with Crippen LogP contribution in [0.3, 0.4) is 0 Å². The predicted molar refractivity (Wildman–Crippen MR) is 100 cm³/mol. The highest BCUT2D eigenvalue weighted by atomic mass is 16.5. The van der Waals surface area contributed by atoms with Crippen molar-refractivity contribution in [1.29, 1.82) is 0 Å². The molecule has 2 aliphatic rings. The number of ether oxygens (including phenoxy) is 1. The SMILES string of the molecule is O=C(NCCN1CCOCC1)c1ccc(NC(=O)[C@H]2CCCCN2)cc1. The van der Waals surface area contributed by atoms with E-state index in [0.29, 0.717) is 17.8 Å². The van der Waals surface area contributed by atoms with Crippen LogP contribution in [0.2, 0.25) is 0 Å². The minimum atomic E-state index is -0.119. The van der Waals surface area contributed by atoms with Gasteiger partial charge in [0.1, 0.15) is 0 Å². The molecule has 0 bridgehead atoms. The highest BCUT2D eigenvalue weighted by molar-refractivity contribution is 5.97. The first kappa shape index (κ1) is 18.8. The van der Waals surface area contributed by atoms with Crippen molar-refractivity contribution in [1.82, 2.24) is 15.5 Å². The first-order valence-electron chi connectivity index (χ1n) is 9.45. The molecule has 7 nitrogen and oxygen atoms in total. The summed E-state index contributed by atoms with van der Waals surface area (Å²) in [5, 5.41) is 9.08. The van der Waals surface area contributed by atoms with E-state index in [2.05, 4.69) is 20.9 Å². The summed E-state index contributed by atoms with van der Waals surface area (Å²) in [6.07, 6.45) is 3.07. The lowest BCUT2D eigenvalue weighted by molar-refractivity contribution is -0.118. The Morgan fingerprint density at radius 3 is 2.62 bits per heavy atom. The van der Waals surface area contributed by atoms with E-state index in [1.807, 2.05) is 0 Å². The Bertz CT molecular complexity index is 593. The molecule has 3 rings (SSSR count). The highest BCUT2D eigenvalue weighted by Crippen LogP contribution is 2.13. The van der Waals surface area contributed by atoms with Crippen LogP contribution < -0.4 is 16.0 Å². The Kier molecular flexibility index (Phi) is 6.99. The smallest absolute Gasteiger partial charge is 0.251 e. The second kappa shape index (κ2) is 9.66. The molecule has 7 heteroatoms. The highest BCUT2D eigenvalue weighted by Gasteiger charge is 2.20. The standard InChI is InChI=1S/C19H28N4O3/c24-18(21-9-10-23-11-13-26-14-12-23)15-4-6-16(7-5-15)22-19(25)17-3-1-2-8-20-17/h4-7,17,20H,1-3,8-14H2,(H,21,24)(H,22,25)/t17-/m1/s1. The van der Waals surface area contributed by atoms with Gasteiger partial charge in [-0.25, -0.2) is 0 Å². The third-order valence-electron chi connectivity index (χ3n) is 4.86. The monoisotopic (exact) mass is 360 g/mol. The van der Waals surface area contributed by atoms with Gasteiger partial charge in [0.05, 0.1) is 19.3 Å². The summed E-state index contributed by atoms with van der Waals surface area (Å²) in [6, 6.07) is 6.92. The second-order valence-corrected chi connectivity index (χ2v) is 6.78. The van der Waals surface area contributed by atoms with Crippen molar-refractivity contribution in [3.05, 3.63) is 29.8 Å². The minimum absolute atomic E-state index is 0.00703. The average Bonchev–Trinajstić information content (AvgIpc) is 2.70. The van der Waals surface area contributed by atoms with Gasteiger partial charge in [-0.1, -0.05) is 6.42 Å². The molecule has 1 atom stereocenters. The van der Waals surface area contributed by atoms with Crippen molar-refractivity contribution in [2.24, 2.45) is 0 Å². The molecular weight excluding hydrogens is 332 g/mol. The van der Waals surface area contributed by atoms with E-state index in [1.165, 1.54) is 0 Å². The number of anilines is 1. The van der Waals surface area contributed by atoms with Gasteiger partial charge in [0, 0.05) is 37.4 Å². The van der Waals surface area contributed by atoms with Gasteiger partial charge in [-0.15, -0.1) is 0 Å². The third kappa shape index (κ3) is 5.52. The zero-order valence-electron chi connectivity index (χ0n) is 15.1. The number of hydrogen-bond donors (Lipinski definition) is 3. The first-order chi connectivity index (χ1) is 12.7. The molecule has 1 aromatic carbocycles. The molecule has 2 fully saturated rings. The molecule has 26 heavy (non-hydrogen) atoms. The van der Waals surface area contributed by atoms with Crippen LogP contribution in [0.1, 0.15) is 29.6 Å². The minimum Gasteiger partial charge on any atom is -0.379 e. The Hall–Kier alpha value is -1.96. The Balaban J connectivity index is 1.42. The Morgan fingerprint density at radius 1 is 1.15 bits per heavy atom. The molecule has 1 aromatic rings.